The fourth-order valence-electron chi connectivity index (χ4n) is 8.91. The van der Waals surface area contributed by atoms with Gasteiger partial charge >= 0.3 is 23.5 Å². The molecule has 4 N–H and O–H groups in total. The van der Waals surface area contributed by atoms with Crippen LogP contribution >= 0.6 is 0 Å². The van der Waals surface area contributed by atoms with Crippen molar-refractivity contribution < 1.29 is 90.8 Å². The van der Waals surface area contributed by atoms with E-state index in [-0.39, 0.29) is 69.1 Å². The summed E-state index contributed by atoms with van der Waals surface area (Å²) in [6.45, 7) is 13.7. The van der Waals surface area contributed by atoms with Gasteiger partial charge in [-0.15, -0.1) is 6.42 Å². The maximum atomic E-state index is 12.8. The van der Waals surface area contributed by atoms with Crippen LogP contribution in [0.1, 0.15) is 94.3 Å². The zero-order valence-electron chi connectivity index (χ0n) is 42.2. The summed E-state index contributed by atoms with van der Waals surface area (Å²) in [6.07, 6.45) is -3.63. The summed E-state index contributed by atoms with van der Waals surface area (Å²) >= 11 is 0. The molecule has 3 aliphatic heterocycles. The molecule has 10 atom stereocenters. The highest BCUT2D eigenvalue weighted by Gasteiger charge is 2.60. The van der Waals surface area contributed by atoms with Crippen molar-refractivity contribution in [1.82, 2.24) is 5.48 Å². The Morgan fingerprint density at radius 1 is 0.767 bits per heavy atom. The minimum Gasteiger partial charge on any atom is -0.506 e. The fraction of sp³-hybridized carbons (Fsp3) is 0.520. The van der Waals surface area contributed by atoms with Gasteiger partial charge in [0, 0.05) is 31.8 Å². The molecule has 0 bridgehead atoms. The third-order valence-corrected chi connectivity index (χ3v) is 13.1. The van der Waals surface area contributed by atoms with Crippen molar-refractivity contribution in [1.29, 1.82) is 0 Å². The first-order valence-corrected chi connectivity index (χ1v) is 23.3. The predicted octanol–water partition coefficient (Wildman–Crippen LogP) is 5.73. The van der Waals surface area contributed by atoms with E-state index >= 15 is 0 Å². The number of carbonyl (C=O) groups is 3. The van der Waals surface area contributed by atoms with E-state index in [2.05, 4.69) is 11.1 Å². The lowest BCUT2D eigenvalue weighted by Crippen LogP contribution is -2.66. The number of hydrogen-bond acceptors (Lipinski definition) is 22. The molecule has 3 aliphatic rings. The second-order valence-electron chi connectivity index (χ2n) is 17.4. The van der Waals surface area contributed by atoms with Gasteiger partial charge in [0.05, 0.1) is 27.7 Å². The standard InChI is InChI=1S/C27H34N2O11.C23H26O10/c1-8-13-36-29-26(33)39-22-20(31)25(40-27(5,10-3)23(22)34-6)37-17-12-11-15-19(30)18(16(9-2)28-35-7)24(32)38-21(15)14(17)4;1-6-12(24)14-15(25)11-8-9-13(10(3)16(11)30-20(14)26)29-21-18-17(31-22(27)32-18)19(28-5)23(4,7-2)33-21/h1,11-12,20,22-23,25,30-31H,9-10,13H2,2-7H3,(H,29,33);8-9,17-19,21,25H,6-7H2,1-5H3/b28-16+;/t20-,22+,23-,25?,27+;17-,18+,19+,21?,23-/m10/s1. The zero-order chi connectivity index (χ0) is 53.7. The number of Topliss-reactive ketones (excluding diaryl/α,β-unsaturated/α-hetero) is 1. The first kappa shape index (κ1) is 55.4. The number of rotatable bonds is 16. The summed E-state index contributed by atoms with van der Waals surface area (Å²) in [6, 6.07) is 6.06. The normalized spacial score (nSPS) is 26.6. The largest absolute Gasteiger partial charge is 0.509 e. The molecular formula is C50H60N2O21. The second kappa shape index (κ2) is 22.9. The van der Waals surface area contributed by atoms with Gasteiger partial charge in [0.1, 0.15) is 71.2 Å². The predicted molar refractivity (Wildman–Crippen MR) is 256 cm³/mol. The van der Waals surface area contributed by atoms with Gasteiger partial charge < -0.3 is 71.6 Å². The number of aryl methyl sites for hydroxylation is 2. The number of aliphatic hydroxyl groups excluding tert-OH is 1. The van der Waals surface area contributed by atoms with Crippen molar-refractivity contribution >= 4 is 45.7 Å². The minimum absolute atomic E-state index is 0.0467. The van der Waals surface area contributed by atoms with E-state index in [0.717, 1.165) is 0 Å². The average molecular weight is 1030 g/mol. The van der Waals surface area contributed by atoms with Gasteiger partial charge in [0.25, 0.3) is 0 Å². The molecule has 4 aromatic rings. The van der Waals surface area contributed by atoms with Crippen LogP contribution in [0, 0.1) is 26.2 Å². The molecule has 5 heterocycles. The van der Waals surface area contributed by atoms with E-state index < -0.39 is 95.4 Å². The number of oxime groups is 1. The number of nitrogens with one attached hydrogen (secondary N) is 1. The van der Waals surface area contributed by atoms with Gasteiger partial charge in [0.2, 0.25) is 18.7 Å². The quantitative estimate of drug-likeness (QED) is 0.0198. The lowest BCUT2D eigenvalue weighted by atomic mass is 9.86. The maximum absolute atomic E-state index is 12.8. The molecule has 23 nitrogen and oxygen atoms in total. The summed E-state index contributed by atoms with van der Waals surface area (Å²) in [4.78, 5) is 71.0. The van der Waals surface area contributed by atoms with Gasteiger partial charge in [-0.25, -0.2) is 19.2 Å². The molecule has 2 aromatic carbocycles. The molecule has 3 fully saturated rings. The van der Waals surface area contributed by atoms with E-state index in [9.17, 15) is 39.3 Å². The highest BCUT2D eigenvalue weighted by molar-refractivity contribution is 6.06. The highest BCUT2D eigenvalue weighted by atomic mass is 16.8. The van der Waals surface area contributed by atoms with Gasteiger partial charge in [0.15, 0.2) is 24.1 Å². The van der Waals surface area contributed by atoms with Crippen molar-refractivity contribution in [2.45, 2.75) is 141 Å². The number of aliphatic hydroxyl groups is 1. The van der Waals surface area contributed by atoms with E-state index in [1.807, 2.05) is 26.3 Å². The molecule has 7 rings (SSSR count). The van der Waals surface area contributed by atoms with Gasteiger partial charge in [-0.05, 0) is 71.2 Å². The van der Waals surface area contributed by atoms with Crippen LogP contribution in [-0.4, -0.2) is 127 Å². The Morgan fingerprint density at radius 2 is 1.29 bits per heavy atom. The Morgan fingerprint density at radius 3 is 1.81 bits per heavy atom. The lowest BCUT2D eigenvalue weighted by molar-refractivity contribution is -0.311. The molecule has 23 heteroatoms. The Labute approximate surface area is 418 Å². The number of hydrogen-bond donors (Lipinski definition) is 4. The fourth-order valence-corrected chi connectivity index (χ4v) is 8.91. The average Bonchev–Trinajstić information content (AvgIpc) is 3.75. The lowest BCUT2D eigenvalue weighted by Gasteiger charge is -2.48. The van der Waals surface area contributed by atoms with E-state index in [4.69, 9.17) is 67.6 Å². The molecule has 0 saturated carbocycles. The van der Waals surface area contributed by atoms with Crippen LogP contribution in [0.5, 0.6) is 23.0 Å². The van der Waals surface area contributed by atoms with E-state index in [0.29, 0.717) is 30.4 Å². The number of hydroxylamine groups is 1. The molecule has 0 spiro atoms. The molecule has 73 heavy (non-hydrogen) atoms. The van der Waals surface area contributed by atoms with Crippen LogP contribution in [0.15, 0.2) is 47.8 Å². The zero-order valence-corrected chi connectivity index (χ0v) is 42.2. The molecule has 0 aliphatic carbocycles. The number of carbonyl (C=O) groups excluding carboxylic acids is 3. The van der Waals surface area contributed by atoms with Crippen LogP contribution in [0.2, 0.25) is 0 Å². The number of ether oxygens (including phenoxy) is 9. The molecule has 2 aromatic heterocycles. The molecule has 1 amide bonds. The maximum Gasteiger partial charge on any atom is 0.509 e. The molecule has 396 valence electrons. The van der Waals surface area contributed by atoms with Gasteiger partial charge in [-0.2, -0.15) is 5.48 Å². The first-order chi connectivity index (χ1) is 34.7. The molecule has 0 radical (unpaired) electrons. The van der Waals surface area contributed by atoms with Crippen LogP contribution in [-0.2, 0) is 42.8 Å². The first-order valence-electron chi connectivity index (χ1n) is 23.3. The van der Waals surface area contributed by atoms with Crippen LogP contribution < -0.4 is 26.2 Å². The summed E-state index contributed by atoms with van der Waals surface area (Å²) in [5.74, 6) is 1.39. The van der Waals surface area contributed by atoms with Crippen molar-refractivity contribution in [3.63, 3.8) is 0 Å². The number of ketones is 1. The number of amides is 1. The number of nitrogens with zero attached hydrogens (tertiary/aromatic N) is 1. The SMILES string of the molecule is C#CCONC(=O)O[C@@H]1[C@@H](OC)[C@](C)(CC)OC(Oc2ccc3c(O)c(/C(CC)=N/OC)c(=O)oc3c2C)[C@@H]1O.CCC(=O)c1c(O)c2ccc(OC3O[C@@](C)(CC)[C@H](OC)[C@H]4OC(=O)O[C@@H]34)c(C)c2oc1=O. The summed E-state index contributed by atoms with van der Waals surface area (Å²) < 4.78 is 62.5. The molecular weight excluding hydrogens is 965 g/mol. The smallest absolute Gasteiger partial charge is 0.506 e. The van der Waals surface area contributed by atoms with Gasteiger partial charge in [-0.1, -0.05) is 38.8 Å². The van der Waals surface area contributed by atoms with Crippen LogP contribution in [0.3, 0.4) is 0 Å². The van der Waals surface area contributed by atoms with E-state index in [1.54, 1.807) is 40.7 Å². The summed E-state index contributed by atoms with van der Waals surface area (Å²) in [7, 11) is 4.24. The Kier molecular flexibility index (Phi) is 17.3. The van der Waals surface area contributed by atoms with Crippen molar-refractivity contribution in [2.24, 2.45) is 5.16 Å². The van der Waals surface area contributed by atoms with Crippen molar-refractivity contribution in [3.8, 4) is 35.3 Å². The highest BCUT2D eigenvalue weighted by Crippen LogP contribution is 2.43. The minimum atomic E-state index is -1.52. The third kappa shape index (κ3) is 10.8. The number of terminal acetylenes is 1. The van der Waals surface area contributed by atoms with E-state index in [1.165, 1.54) is 39.5 Å². The van der Waals surface area contributed by atoms with Crippen LogP contribution in [0.4, 0.5) is 9.59 Å². The van der Waals surface area contributed by atoms with Crippen molar-refractivity contribution in [2.75, 3.05) is 27.9 Å². The van der Waals surface area contributed by atoms with Crippen LogP contribution in [0.25, 0.3) is 21.9 Å². The molecule has 2 unspecified atom stereocenters. The summed E-state index contributed by atoms with van der Waals surface area (Å²) in [5, 5.41) is 36.9. The summed E-state index contributed by atoms with van der Waals surface area (Å²) in [5.41, 5.74) is -0.980. The Bertz CT molecular complexity index is 2910. The third-order valence-electron chi connectivity index (χ3n) is 13.1. The number of methoxy groups -OCH3 is 2. The second-order valence-corrected chi connectivity index (χ2v) is 17.4. The monoisotopic (exact) mass is 1020 g/mol. The Hall–Kier alpha value is -6.94. The number of fused-ring (bicyclic) bond motifs is 3. The molecule has 3 saturated heterocycles. The Balaban J connectivity index is 0.000000242. The van der Waals surface area contributed by atoms with Gasteiger partial charge in [-0.3, -0.25) is 9.63 Å². The topological polar surface area (TPSA) is 298 Å². The number of aromatic hydroxyl groups is 2. The van der Waals surface area contributed by atoms with Crippen molar-refractivity contribution in [3.05, 3.63) is 67.4 Å². The number of benzene rings is 2.